The number of nitrogens with zero attached hydrogens (tertiary/aromatic N) is 3. The Hall–Kier alpha value is -3.61. The van der Waals surface area contributed by atoms with Crippen molar-refractivity contribution in [1.82, 2.24) is 4.90 Å². The Labute approximate surface area is 155 Å². The number of hydrogen-bond acceptors (Lipinski definition) is 8. The van der Waals surface area contributed by atoms with E-state index in [1.54, 1.807) is 19.9 Å². The molecule has 1 aromatic rings. The van der Waals surface area contributed by atoms with Crippen LogP contribution in [-0.2, 0) is 9.53 Å². The van der Waals surface area contributed by atoms with Crippen LogP contribution in [0.5, 0.6) is 11.5 Å². The number of likely N-dealkylation sites (N-methyl/N-ethyl adjacent to an activating group) is 1. The summed E-state index contributed by atoms with van der Waals surface area (Å²) in [5.74, 6) is -1.95. The summed E-state index contributed by atoms with van der Waals surface area (Å²) in [5, 5.41) is 30.3. The number of carbonyl (C=O) groups excluding carboxylic acids is 2. The molecule has 144 valence electrons. The van der Waals surface area contributed by atoms with Gasteiger partial charge in [-0.15, -0.1) is 0 Å². The van der Waals surface area contributed by atoms with E-state index in [1.165, 1.54) is 11.8 Å². The first-order valence-corrected chi connectivity index (χ1v) is 8.05. The lowest BCUT2D eigenvalue weighted by atomic mass is 10.1. The maximum absolute atomic E-state index is 12.3. The summed E-state index contributed by atoms with van der Waals surface area (Å²) in [5.41, 5.74) is -0.993. The van der Waals surface area contributed by atoms with Gasteiger partial charge in [0.25, 0.3) is 5.91 Å². The second-order valence-electron chi connectivity index (χ2n) is 5.08. The number of ether oxygens (including phenoxy) is 2. The fourth-order valence-electron chi connectivity index (χ4n) is 2.14. The number of carbonyl (C=O) groups is 2. The van der Waals surface area contributed by atoms with E-state index < -0.39 is 34.2 Å². The summed E-state index contributed by atoms with van der Waals surface area (Å²) in [6.45, 7) is 5.77. The van der Waals surface area contributed by atoms with Gasteiger partial charge in [0.15, 0.2) is 5.75 Å². The zero-order valence-electron chi connectivity index (χ0n) is 15.1. The van der Waals surface area contributed by atoms with Crippen LogP contribution in [-0.4, -0.2) is 46.7 Å². The van der Waals surface area contributed by atoms with E-state index in [2.05, 4.69) is 4.74 Å². The van der Waals surface area contributed by atoms with Crippen molar-refractivity contribution in [3.05, 3.63) is 33.4 Å². The van der Waals surface area contributed by atoms with Gasteiger partial charge in [-0.1, -0.05) is 0 Å². The molecule has 0 bridgehead atoms. The Bertz CT molecular complexity index is 807. The highest BCUT2D eigenvalue weighted by Gasteiger charge is 2.23. The SMILES string of the molecule is CCOC(=O)Oc1cc(/C=C(/C#N)C(=O)N(CC)CC)cc([N+](=O)[O-])c1O. The summed E-state index contributed by atoms with van der Waals surface area (Å²) < 4.78 is 9.33. The zero-order valence-corrected chi connectivity index (χ0v) is 15.1. The van der Waals surface area contributed by atoms with E-state index in [1.807, 2.05) is 0 Å². The van der Waals surface area contributed by atoms with Gasteiger partial charge in [0.05, 0.1) is 11.5 Å². The summed E-state index contributed by atoms with van der Waals surface area (Å²) in [4.78, 5) is 35.4. The topological polar surface area (TPSA) is 143 Å². The second-order valence-corrected chi connectivity index (χ2v) is 5.08. The lowest BCUT2D eigenvalue weighted by Gasteiger charge is -2.17. The molecule has 1 aromatic carbocycles. The molecule has 0 saturated heterocycles. The highest BCUT2D eigenvalue weighted by molar-refractivity contribution is 6.01. The van der Waals surface area contributed by atoms with Crippen LogP contribution >= 0.6 is 0 Å². The van der Waals surface area contributed by atoms with E-state index in [4.69, 9.17) is 4.74 Å². The van der Waals surface area contributed by atoms with Crippen molar-refractivity contribution in [2.24, 2.45) is 0 Å². The first-order valence-electron chi connectivity index (χ1n) is 8.05. The predicted octanol–water partition coefficient (Wildman–Crippen LogP) is 2.61. The van der Waals surface area contributed by atoms with Gasteiger partial charge in [-0.25, -0.2) is 4.79 Å². The maximum atomic E-state index is 12.3. The molecule has 1 amide bonds. The number of nitro benzene ring substituents is 1. The van der Waals surface area contributed by atoms with E-state index in [0.29, 0.717) is 13.1 Å². The number of amides is 1. The number of hydrogen-bond donors (Lipinski definition) is 1. The van der Waals surface area contributed by atoms with Gasteiger partial charge in [-0.2, -0.15) is 5.26 Å². The molecule has 10 nitrogen and oxygen atoms in total. The smallest absolute Gasteiger partial charge is 0.499 e. The van der Waals surface area contributed by atoms with Crippen molar-refractivity contribution in [2.45, 2.75) is 20.8 Å². The first-order chi connectivity index (χ1) is 12.8. The molecular formula is C17H19N3O7. The van der Waals surface area contributed by atoms with Crippen LogP contribution in [0, 0.1) is 21.4 Å². The lowest BCUT2D eigenvalue weighted by Crippen LogP contribution is -2.31. The molecule has 0 aliphatic rings. The third-order valence-corrected chi connectivity index (χ3v) is 3.44. The summed E-state index contributed by atoms with van der Waals surface area (Å²) in [6.07, 6.45) is -0.0478. The molecule has 0 unspecified atom stereocenters. The van der Waals surface area contributed by atoms with Crippen molar-refractivity contribution >= 4 is 23.8 Å². The minimum Gasteiger partial charge on any atom is -0.499 e. The number of benzene rings is 1. The van der Waals surface area contributed by atoms with Crippen molar-refractivity contribution in [3.8, 4) is 17.6 Å². The number of rotatable bonds is 7. The second kappa shape index (κ2) is 9.76. The minimum atomic E-state index is -1.16. The number of aromatic hydroxyl groups is 1. The Balaban J connectivity index is 3.43. The zero-order chi connectivity index (χ0) is 20.6. The minimum absolute atomic E-state index is 0.00175. The number of phenols is 1. The van der Waals surface area contributed by atoms with Crippen LogP contribution in [0.15, 0.2) is 17.7 Å². The lowest BCUT2D eigenvalue weighted by molar-refractivity contribution is -0.385. The fraction of sp³-hybridized carbons (Fsp3) is 0.353. The van der Waals surface area contributed by atoms with Gasteiger partial charge < -0.3 is 19.5 Å². The van der Waals surface area contributed by atoms with Crippen LogP contribution < -0.4 is 4.74 Å². The molecule has 0 aliphatic carbocycles. The van der Waals surface area contributed by atoms with E-state index >= 15 is 0 Å². The van der Waals surface area contributed by atoms with Crippen LogP contribution in [0.4, 0.5) is 10.5 Å². The molecule has 0 saturated carbocycles. The Morgan fingerprint density at radius 2 is 1.96 bits per heavy atom. The highest BCUT2D eigenvalue weighted by Crippen LogP contribution is 2.38. The molecule has 0 fully saturated rings. The average molecular weight is 377 g/mol. The van der Waals surface area contributed by atoms with Gasteiger partial charge >= 0.3 is 11.8 Å². The standard InChI is InChI=1S/C17H19N3O7/c1-4-19(5-2)16(22)12(10-18)7-11-8-13(20(24)25)15(21)14(9-11)27-17(23)26-6-3/h7-9,21H,4-6H2,1-3H3/b12-7-. The summed E-state index contributed by atoms with van der Waals surface area (Å²) in [6, 6.07) is 3.80. The van der Waals surface area contributed by atoms with E-state index in [0.717, 1.165) is 18.2 Å². The molecule has 1 rings (SSSR count). The largest absolute Gasteiger partial charge is 0.513 e. The van der Waals surface area contributed by atoms with Crippen LogP contribution in [0.2, 0.25) is 0 Å². The van der Waals surface area contributed by atoms with E-state index in [9.17, 15) is 30.1 Å². The predicted molar refractivity (Wildman–Crippen MR) is 93.9 cm³/mol. The van der Waals surface area contributed by atoms with Gasteiger partial charge in [0.1, 0.15) is 11.6 Å². The highest BCUT2D eigenvalue weighted by atomic mass is 16.7. The molecule has 1 N–H and O–H groups in total. The number of nitriles is 1. The van der Waals surface area contributed by atoms with Crippen molar-refractivity contribution < 1.29 is 29.1 Å². The normalized spacial score (nSPS) is 10.7. The van der Waals surface area contributed by atoms with Crippen LogP contribution in [0.3, 0.4) is 0 Å². The molecule has 27 heavy (non-hydrogen) atoms. The Morgan fingerprint density at radius 1 is 1.33 bits per heavy atom. The quantitative estimate of drug-likeness (QED) is 0.191. The first kappa shape index (κ1) is 21.4. The summed E-state index contributed by atoms with van der Waals surface area (Å²) >= 11 is 0. The fourth-order valence-corrected chi connectivity index (χ4v) is 2.14. The van der Waals surface area contributed by atoms with Gasteiger partial charge in [-0.3, -0.25) is 14.9 Å². The van der Waals surface area contributed by atoms with Gasteiger partial charge in [-0.05, 0) is 38.5 Å². The molecule has 0 radical (unpaired) electrons. The van der Waals surface area contributed by atoms with Crippen molar-refractivity contribution in [1.29, 1.82) is 5.26 Å². The van der Waals surface area contributed by atoms with Gasteiger partial charge in [0.2, 0.25) is 5.75 Å². The molecule has 10 heteroatoms. The Kier molecular flexibility index (Phi) is 7.75. The van der Waals surface area contributed by atoms with Crippen molar-refractivity contribution in [2.75, 3.05) is 19.7 Å². The molecule has 0 spiro atoms. The molecule has 0 heterocycles. The Morgan fingerprint density at radius 3 is 2.44 bits per heavy atom. The molecule has 0 aliphatic heterocycles. The third kappa shape index (κ3) is 5.43. The van der Waals surface area contributed by atoms with E-state index in [-0.39, 0.29) is 17.7 Å². The molecule has 0 aromatic heterocycles. The summed E-state index contributed by atoms with van der Waals surface area (Å²) in [7, 11) is 0. The number of nitro groups is 1. The van der Waals surface area contributed by atoms with Crippen LogP contribution in [0.1, 0.15) is 26.3 Å². The maximum Gasteiger partial charge on any atom is 0.513 e. The molecule has 0 atom stereocenters. The van der Waals surface area contributed by atoms with Crippen molar-refractivity contribution in [3.63, 3.8) is 0 Å². The average Bonchev–Trinajstić information content (AvgIpc) is 2.62. The van der Waals surface area contributed by atoms with Crippen LogP contribution in [0.25, 0.3) is 6.08 Å². The number of phenolic OH excluding ortho intramolecular Hbond substituents is 1. The monoisotopic (exact) mass is 377 g/mol. The molecular weight excluding hydrogens is 358 g/mol. The third-order valence-electron chi connectivity index (χ3n) is 3.44. The van der Waals surface area contributed by atoms with Gasteiger partial charge in [0, 0.05) is 19.2 Å².